The topological polar surface area (TPSA) is 0 Å². The van der Waals surface area contributed by atoms with Gasteiger partial charge in [-0.05, 0) is 31.1 Å². The van der Waals surface area contributed by atoms with E-state index in [1.54, 1.807) is 0 Å². The van der Waals surface area contributed by atoms with E-state index >= 15 is 0 Å². The van der Waals surface area contributed by atoms with Gasteiger partial charge in [0.05, 0.1) is 0 Å². The van der Waals surface area contributed by atoms with E-state index in [0.717, 1.165) is 0 Å². The van der Waals surface area contributed by atoms with Crippen LogP contribution in [0.5, 0.6) is 0 Å². The molecule has 84 valence electrons. The minimum Gasteiger partial charge on any atom is -0.103 e. The van der Waals surface area contributed by atoms with Gasteiger partial charge >= 0.3 is 0 Å². The predicted octanol–water partition coefficient (Wildman–Crippen LogP) is 5.32. The molecule has 0 saturated heterocycles. The first-order valence-electron chi connectivity index (χ1n) is 5.73. The molecule has 0 aliphatic carbocycles. The zero-order chi connectivity index (χ0) is 11.0. The summed E-state index contributed by atoms with van der Waals surface area (Å²) in [5, 5.41) is 0. The Morgan fingerprint density at radius 3 is 2.43 bits per heavy atom. The van der Waals surface area contributed by atoms with E-state index in [1.807, 2.05) is 6.08 Å². The van der Waals surface area contributed by atoms with Crippen molar-refractivity contribution in [1.82, 2.24) is 0 Å². The maximum Gasteiger partial charge on any atom is 0.0122 e. The van der Waals surface area contributed by atoms with E-state index in [-0.39, 0.29) is 0 Å². The maximum absolute atomic E-state index is 3.74. The van der Waals surface area contributed by atoms with Gasteiger partial charge in [-0.1, -0.05) is 55.6 Å². The Kier molecular flexibility index (Phi) is 7.62. The monoisotopic (exact) mass is 260 g/mol. The van der Waals surface area contributed by atoms with Crippen molar-refractivity contribution in [3.05, 3.63) is 12.7 Å². The quantitative estimate of drug-likeness (QED) is 0.315. The molecule has 0 aliphatic heterocycles. The van der Waals surface area contributed by atoms with Crippen LogP contribution in [0.3, 0.4) is 0 Å². The molecule has 0 amide bonds. The number of allylic oxidation sites excluding steroid dienone is 1. The Morgan fingerprint density at radius 1 is 1.29 bits per heavy atom. The fourth-order valence-electron chi connectivity index (χ4n) is 1.93. The fourth-order valence-corrected chi connectivity index (χ4v) is 2.81. The largest absolute Gasteiger partial charge is 0.103 e. The van der Waals surface area contributed by atoms with E-state index in [9.17, 15) is 0 Å². The van der Waals surface area contributed by atoms with Crippen LogP contribution in [0.25, 0.3) is 0 Å². The third-order valence-electron chi connectivity index (χ3n) is 2.60. The van der Waals surface area contributed by atoms with Gasteiger partial charge in [0.2, 0.25) is 0 Å². The van der Waals surface area contributed by atoms with Crippen LogP contribution in [0.4, 0.5) is 0 Å². The number of alkyl halides is 1. The lowest BCUT2D eigenvalue weighted by Gasteiger charge is -2.25. The first-order chi connectivity index (χ1) is 6.48. The Labute approximate surface area is 98.3 Å². The standard InChI is InChI=1S/C13H25Br/c1-5-6-7-8-9-10-13(3,4)11-12(2)14/h5,12H,1,6-11H2,2-4H3. The number of hydrogen-bond donors (Lipinski definition) is 0. The van der Waals surface area contributed by atoms with Gasteiger partial charge in [-0.2, -0.15) is 0 Å². The summed E-state index contributed by atoms with van der Waals surface area (Å²) >= 11 is 3.63. The molecule has 0 aliphatic rings. The molecule has 1 heteroatoms. The average Bonchev–Trinajstić information content (AvgIpc) is 2.01. The summed E-state index contributed by atoms with van der Waals surface area (Å²) in [5.41, 5.74) is 0.497. The molecule has 0 aromatic heterocycles. The maximum atomic E-state index is 3.74. The molecule has 0 fully saturated rings. The lowest BCUT2D eigenvalue weighted by Crippen LogP contribution is -2.15. The molecular weight excluding hydrogens is 236 g/mol. The average molecular weight is 261 g/mol. The summed E-state index contributed by atoms with van der Waals surface area (Å²) in [4.78, 5) is 0.644. The van der Waals surface area contributed by atoms with E-state index in [1.165, 1.54) is 38.5 Å². The van der Waals surface area contributed by atoms with Crippen LogP contribution in [0.15, 0.2) is 12.7 Å². The lowest BCUT2D eigenvalue weighted by molar-refractivity contribution is 0.297. The first-order valence-corrected chi connectivity index (χ1v) is 6.64. The van der Waals surface area contributed by atoms with Gasteiger partial charge in [-0.15, -0.1) is 6.58 Å². The van der Waals surface area contributed by atoms with E-state index in [2.05, 4.69) is 43.3 Å². The predicted molar refractivity (Wildman–Crippen MR) is 70.1 cm³/mol. The summed E-state index contributed by atoms with van der Waals surface area (Å²) in [7, 11) is 0. The molecule has 0 rings (SSSR count). The highest BCUT2D eigenvalue weighted by Crippen LogP contribution is 2.31. The second-order valence-corrected chi connectivity index (χ2v) is 6.60. The van der Waals surface area contributed by atoms with E-state index in [0.29, 0.717) is 10.2 Å². The molecule has 0 radical (unpaired) electrons. The van der Waals surface area contributed by atoms with Crippen molar-refractivity contribution in [3.8, 4) is 0 Å². The number of hydrogen-bond acceptors (Lipinski definition) is 0. The molecule has 0 nitrogen and oxygen atoms in total. The van der Waals surface area contributed by atoms with Gasteiger partial charge in [0, 0.05) is 4.83 Å². The summed E-state index contributed by atoms with van der Waals surface area (Å²) in [6, 6.07) is 0. The van der Waals surface area contributed by atoms with Crippen molar-refractivity contribution in [2.45, 2.75) is 64.1 Å². The van der Waals surface area contributed by atoms with Crippen LogP contribution in [0, 0.1) is 5.41 Å². The van der Waals surface area contributed by atoms with Crippen molar-refractivity contribution in [3.63, 3.8) is 0 Å². The van der Waals surface area contributed by atoms with Crippen LogP contribution in [-0.2, 0) is 0 Å². The van der Waals surface area contributed by atoms with Crippen LogP contribution < -0.4 is 0 Å². The first kappa shape index (κ1) is 14.2. The lowest BCUT2D eigenvalue weighted by atomic mass is 9.83. The van der Waals surface area contributed by atoms with Crippen LogP contribution in [0.1, 0.15) is 59.3 Å². The van der Waals surface area contributed by atoms with E-state index in [4.69, 9.17) is 0 Å². The normalized spacial score (nSPS) is 14.0. The van der Waals surface area contributed by atoms with Crippen molar-refractivity contribution in [2.24, 2.45) is 5.41 Å². The summed E-state index contributed by atoms with van der Waals surface area (Å²) in [6.45, 7) is 10.7. The Balaban J connectivity index is 3.49. The van der Waals surface area contributed by atoms with Gasteiger partial charge in [0.15, 0.2) is 0 Å². The van der Waals surface area contributed by atoms with E-state index < -0.39 is 0 Å². The zero-order valence-electron chi connectivity index (χ0n) is 9.98. The van der Waals surface area contributed by atoms with Gasteiger partial charge in [-0.25, -0.2) is 0 Å². The molecule has 0 bridgehead atoms. The molecule has 14 heavy (non-hydrogen) atoms. The Hall–Kier alpha value is 0.220. The molecule has 0 heterocycles. The van der Waals surface area contributed by atoms with Crippen molar-refractivity contribution >= 4 is 15.9 Å². The van der Waals surface area contributed by atoms with Crippen molar-refractivity contribution in [1.29, 1.82) is 0 Å². The van der Waals surface area contributed by atoms with Crippen LogP contribution in [-0.4, -0.2) is 4.83 Å². The second-order valence-electron chi connectivity index (χ2n) is 5.04. The minimum atomic E-state index is 0.497. The second kappa shape index (κ2) is 7.50. The highest BCUT2D eigenvalue weighted by molar-refractivity contribution is 9.09. The fraction of sp³-hybridized carbons (Fsp3) is 0.846. The molecule has 0 saturated carbocycles. The van der Waals surface area contributed by atoms with Gasteiger partial charge < -0.3 is 0 Å². The highest BCUT2D eigenvalue weighted by Gasteiger charge is 2.18. The molecular formula is C13H25Br. The third-order valence-corrected chi connectivity index (χ3v) is 2.92. The molecule has 0 N–H and O–H groups in total. The molecule has 0 aromatic carbocycles. The smallest absolute Gasteiger partial charge is 0.0122 e. The SMILES string of the molecule is C=CCCCCCC(C)(C)CC(C)Br. The zero-order valence-corrected chi connectivity index (χ0v) is 11.6. The minimum absolute atomic E-state index is 0.497. The Bertz CT molecular complexity index is 147. The highest BCUT2D eigenvalue weighted by atomic mass is 79.9. The summed E-state index contributed by atoms with van der Waals surface area (Å²) < 4.78 is 0. The third kappa shape index (κ3) is 8.80. The Morgan fingerprint density at radius 2 is 1.93 bits per heavy atom. The van der Waals surface area contributed by atoms with Gasteiger partial charge in [-0.3, -0.25) is 0 Å². The van der Waals surface area contributed by atoms with Crippen LogP contribution in [0.2, 0.25) is 0 Å². The number of halogens is 1. The molecule has 0 aromatic rings. The molecule has 1 atom stereocenters. The van der Waals surface area contributed by atoms with Gasteiger partial charge in [0.1, 0.15) is 0 Å². The summed E-state index contributed by atoms with van der Waals surface area (Å²) in [5.74, 6) is 0. The molecule has 0 spiro atoms. The number of unbranched alkanes of at least 4 members (excludes halogenated alkanes) is 3. The van der Waals surface area contributed by atoms with Gasteiger partial charge in [0.25, 0.3) is 0 Å². The van der Waals surface area contributed by atoms with Crippen LogP contribution >= 0.6 is 15.9 Å². The van der Waals surface area contributed by atoms with Crippen molar-refractivity contribution in [2.75, 3.05) is 0 Å². The number of rotatable bonds is 8. The summed E-state index contributed by atoms with van der Waals surface area (Å²) in [6.07, 6.45) is 9.84. The van der Waals surface area contributed by atoms with Crippen molar-refractivity contribution < 1.29 is 0 Å². The molecule has 1 unspecified atom stereocenters.